The van der Waals surface area contributed by atoms with E-state index in [-0.39, 0.29) is 12.4 Å². The predicted molar refractivity (Wildman–Crippen MR) is 66.8 cm³/mol. The summed E-state index contributed by atoms with van der Waals surface area (Å²) in [6, 6.07) is 9.72. The number of phenols is 1. The smallest absolute Gasteiger partial charge is 0.181 e. The van der Waals surface area contributed by atoms with Crippen LogP contribution in [0.25, 0.3) is 11.1 Å². The molecule has 0 saturated heterocycles. The number of nitrogens with zero attached hydrogens (tertiary/aromatic N) is 1. The average Bonchev–Trinajstić information content (AvgIpc) is 2.76. The maximum absolute atomic E-state index is 9.32. The van der Waals surface area contributed by atoms with Crippen molar-refractivity contribution >= 4 is 0 Å². The zero-order valence-electron chi connectivity index (χ0n) is 10.4. The molecule has 0 radical (unpaired) electrons. The van der Waals surface area contributed by atoms with Crippen molar-refractivity contribution in [1.82, 2.24) is 0 Å². The third kappa shape index (κ3) is 2.21. The summed E-state index contributed by atoms with van der Waals surface area (Å²) in [5.41, 5.74) is 5.17. The lowest BCUT2D eigenvalue weighted by atomic mass is 10.0. The fraction of sp³-hybridized carbons (Fsp3) is 0.267. The molecule has 0 spiro atoms. The van der Waals surface area contributed by atoms with Gasteiger partial charge in [-0.25, -0.2) is 4.57 Å². The minimum Gasteiger partial charge on any atom is -1.00 e. The summed E-state index contributed by atoms with van der Waals surface area (Å²) in [6.07, 6.45) is 4.68. The molecule has 1 aliphatic heterocycles. The third-order valence-corrected chi connectivity index (χ3v) is 3.47. The minimum atomic E-state index is 0. The van der Waals surface area contributed by atoms with Gasteiger partial charge in [0.15, 0.2) is 11.9 Å². The Bertz CT molecular complexity index is 563. The molecule has 1 aliphatic rings. The highest BCUT2D eigenvalue weighted by Gasteiger charge is 2.20. The second-order valence-electron chi connectivity index (χ2n) is 4.71. The summed E-state index contributed by atoms with van der Waals surface area (Å²) in [4.78, 5) is 0. The first-order chi connectivity index (χ1) is 8.24. The molecule has 0 unspecified atom stereocenters. The molecule has 0 fully saturated rings. The molecule has 1 aromatic heterocycles. The second kappa shape index (κ2) is 4.99. The number of hydrogen-bond donors (Lipinski definition) is 1. The Hall–Kier alpha value is -1.54. The monoisotopic (exact) mass is 261 g/mol. The van der Waals surface area contributed by atoms with Crippen LogP contribution in [0.2, 0.25) is 0 Å². The highest BCUT2D eigenvalue weighted by Crippen LogP contribution is 2.25. The number of pyridine rings is 1. The predicted octanol–water partition coefficient (Wildman–Crippen LogP) is -0.395. The zero-order valence-corrected chi connectivity index (χ0v) is 11.1. The fourth-order valence-corrected chi connectivity index (χ4v) is 2.55. The minimum absolute atomic E-state index is 0. The number of benzene rings is 1. The number of fused-ring (bicyclic) bond motifs is 1. The highest BCUT2D eigenvalue weighted by molar-refractivity contribution is 5.66. The van der Waals surface area contributed by atoms with E-state index in [9.17, 15) is 5.11 Å². The maximum Gasteiger partial charge on any atom is 0.181 e. The number of aromatic hydroxyl groups is 1. The molecule has 18 heavy (non-hydrogen) atoms. The van der Waals surface area contributed by atoms with Crippen LogP contribution in [0.3, 0.4) is 0 Å². The van der Waals surface area contributed by atoms with Gasteiger partial charge < -0.3 is 17.5 Å². The number of aromatic nitrogens is 1. The van der Waals surface area contributed by atoms with Gasteiger partial charge in [0.2, 0.25) is 0 Å². The van der Waals surface area contributed by atoms with Crippen molar-refractivity contribution in [3.05, 3.63) is 47.8 Å². The van der Waals surface area contributed by atoms with Gasteiger partial charge in [0.1, 0.15) is 12.3 Å². The lowest BCUT2D eigenvalue weighted by molar-refractivity contribution is -0.690. The summed E-state index contributed by atoms with van der Waals surface area (Å²) in [5.74, 6) is 0.320. The van der Waals surface area contributed by atoms with Gasteiger partial charge in [-0.15, -0.1) is 0 Å². The van der Waals surface area contributed by atoms with Crippen molar-refractivity contribution in [3.8, 4) is 16.9 Å². The van der Waals surface area contributed by atoms with Crippen molar-refractivity contribution in [2.45, 2.75) is 26.3 Å². The summed E-state index contributed by atoms with van der Waals surface area (Å²) in [7, 11) is 0. The van der Waals surface area contributed by atoms with E-state index in [2.05, 4.69) is 23.8 Å². The Morgan fingerprint density at radius 2 is 1.89 bits per heavy atom. The number of rotatable bonds is 1. The molecule has 2 heterocycles. The van der Waals surface area contributed by atoms with E-state index in [0.29, 0.717) is 5.75 Å². The number of aryl methyl sites for hydroxylation is 3. The van der Waals surface area contributed by atoms with E-state index in [1.165, 1.54) is 35.2 Å². The first kappa shape index (κ1) is 12.9. The fourth-order valence-electron chi connectivity index (χ4n) is 2.55. The Kier molecular flexibility index (Phi) is 3.58. The van der Waals surface area contributed by atoms with Crippen LogP contribution in [0, 0.1) is 6.92 Å². The Morgan fingerprint density at radius 3 is 2.61 bits per heavy atom. The molecule has 0 bridgehead atoms. The Labute approximate surface area is 113 Å². The molecule has 1 aromatic carbocycles. The summed E-state index contributed by atoms with van der Waals surface area (Å²) in [5, 5.41) is 9.32. The van der Waals surface area contributed by atoms with E-state index >= 15 is 0 Å². The molecule has 1 N–H and O–H groups in total. The van der Waals surface area contributed by atoms with Gasteiger partial charge in [-0.3, -0.25) is 0 Å². The van der Waals surface area contributed by atoms with Gasteiger partial charge in [0, 0.05) is 24.5 Å². The molecule has 94 valence electrons. The van der Waals surface area contributed by atoms with Crippen LogP contribution in [0.1, 0.15) is 17.7 Å². The Balaban J connectivity index is 0.00000120. The average molecular weight is 262 g/mol. The molecule has 2 nitrogen and oxygen atoms in total. The third-order valence-electron chi connectivity index (χ3n) is 3.47. The van der Waals surface area contributed by atoms with Crippen molar-refractivity contribution < 1.29 is 22.1 Å². The summed E-state index contributed by atoms with van der Waals surface area (Å²) in [6.45, 7) is 3.28. The van der Waals surface area contributed by atoms with Gasteiger partial charge >= 0.3 is 0 Å². The first-order valence-corrected chi connectivity index (χ1v) is 6.06. The van der Waals surface area contributed by atoms with Crippen molar-refractivity contribution in [1.29, 1.82) is 0 Å². The number of hydrogen-bond acceptors (Lipinski definition) is 1. The van der Waals surface area contributed by atoms with Crippen molar-refractivity contribution in [3.63, 3.8) is 0 Å². The number of halogens is 1. The van der Waals surface area contributed by atoms with Crippen LogP contribution in [0.15, 0.2) is 36.5 Å². The quantitative estimate of drug-likeness (QED) is 0.695. The standard InChI is InChI=1S/C15H15NO.ClH/c1-11-9-13-3-2-8-16(13)10-15(11)12-4-6-14(17)7-5-12;/h4-7,9-10H,2-3,8H2,1H3;1H. The van der Waals surface area contributed by atoms with Gasteiger partial charge in [0.05, 0.1) is 0 Å². The number of phenolic OH excluding ortho intramolecular Hbond substituents is 1. The molecular formula is C15H16ClNO. The van der Waals surface area contributed by atoms with Gasteiger partial charge in [-0.2, -0.15) is 0 Å². The van der Waals surface area contributed by atoms with E-state index in [0.717, 1.165) is 6.54 Å². The van der Waals surface area contributed by atoms with Crippen LogP contribution in [-0.4, -0.2) is 5.11 Å². The van der Waals surface area contributed by atoms with E-state index < -0.39 is 0 Å². The second-order valence-corrected chi connectivity index (χ2v) is 4.71. The first-order valence-electron chi connectivity index (χ1n) is 6.06. The van der Waals surface area contributed by atoms with Crippen LogP contribution < -0.4 is 17.0 Å². The SMILES string of the molecule is Cc1cc2[n+](cc1-c1ccc(O)cc1)CCC2.[Cl-]. The molecular weight excluding hydrogens is 246 g/mol. The van der Waals surface area contributed by atoms with Crippen LogP contribution in [-0.2, 0) is 13.0 Å². The van der Waals surface area contributed by atoms with Crippen LogP contribution in [0.4, 0.5) is 0 Å². The van der Waals surface area contributed by atoms with Crippen LogP contribution >= 0.6 is 0 Å². The topological polar surface area (TPSA) is 24.1 Å². The lowest BCUT2D eigenvalue weighted by Crippen LogP contribution is -3.00. The molecule has 0 saturated carbocycles. The molecule has 0 aliphatic carbocycles. The van der Waals surface area contributed by atoms with Crippen LogP contribution in [0.5, 0.6) is 5.75 Å². The van der Waals surface area contributed by atoms with E-state index in [1.807, 2.05) is 12.1 Å². The summed E-state index contributed by atoms with van der Waals surface area (Å²) < 4.78 is 2.34. The largest absolute Gasteiger partial charge is 1.00 e. The molecule has 0 atom stereocenters. The zero-order chi connectivity index (χ0) is 11.8. The van der Waals surface area contributed by atoms with E-state index in [4.69, 9.17) is 0 Å². The summed E-state index contributed by atoms with van der Waals surface area (Å²) >= 11 is 0. The molecule has 3 heteroatoms. The molecule has 3 rings (SSSR count). The van der Waals surface area contributed by atoms with Gasteiger partial charge in [-0.1, -0.05) is 12.1 Å². The highest BCUT2D eigenvalue weighted by atomic mass is 35.5. The molecule has 2 aromatic rings. The lowest BCUT2D eigenvalue weighted by Gasteiger charge is -2.05. The van der Waals surface area contributed by atoms with Gasteiger partial charge in [0.25, 0.3) is 0 Å². The Morgan fingerprint density at radius 1 is 1.17 bits per heavy atom. The van der Waals surface area contributed by atoms with Gasteiger partial charge in [-0.05, 0) is 30.2 Å². The maximum atomic E-state index is 9.32. The normalized spacial score (nSPS) is 12.9. The molecule has 0 amide bonds. The van der Waals surface area contributed by atoms with Crippen molar-refractivity contribution in [2.24, 2.45) is 0 Å². The van der Waals surface area contributed by atoms with Crippen molar-refractivity contribution in [2.75, 3.05) is 0 Å². The van der Waals surface area contributed by atoms with E-state index in [1.54, 1.807) is 12.1 Å².